The first-order valence-corrected chi connectivity index (χ1v) is 7.00. The monoisotopic (exact) mass is 337 g/mol. The van der Waals surface area contributed by atoms with Gasteiger partial charge in [0.25, 0.3) is 0 Å². The van der Waals surface area contributed by atoms with Crippen molar-refractivity contribution in [3.8, 4) is 5.88 Å². The van der Waals surface area contributed by atoms with E-state index in [0.717, 1.165) is 17.6 Å². The van der Waals surface area contributed by atoms with Gasteiger partial charge < -0.3 is 14.4 Å². The van der Waals surface area contributed by atoms with Crippen LogP contribution in [0.25, 0.3) is 0 Å². The molecular weight excluding hydrogens is 321 g/mol. The highest BCUT2D eigenvalue weighted by Gasteiger charge is 2.11. The third-order valence-corrected chi connectivity index (χ3v) is 2.98. The van der Waals surface area contributed by atoms with Gasteiger partial charge in [0, 0.05) is 19.0 Å². The number of anilines is 1. The van der Waals surface area contributed by atoms with E-state index in [9.17, 15) is 0 Å². The molecule has 5 nitrogen and oxygen atoms in total. The van der Waals surface area contributed by atoms with Gasteiger partial charge in [-0.1, -0.05) is 0 Å². The van der Waals surface area contributed by atoms with E-state index in [1.807, 2.05) is 11.8 Å². The normalized spacial score (nSPS) is 10.4. The lowest BCUT2D eigenvalue weighted by molar-refractivity contribution is 0.155. The zero-order valence-corrected chi connectivity index (χ0v) is 12.9. The molecule has 18 heavy (non-hydrogen) atoms. The molecule has 1 heterocycles. The number of hydrogen-bond acceptors (Lipinski definition) is 5. The van der Waals surface area contributed by atoms with Gasteiger partial charge in [0.05, 0.1) is 31.0 Å². The van der Waals surface area contributed by atoms with Crippen molar-refractivity contribution < 1.29 is 9.47 Å². The topological polar surface area (TPSA) is 47.5 Å². The number of hydrogen-bond donors (Lipinski definition) is 0. The Balaban J connectivity index is 2.63. The van der Waals surface area contributed by atoms with Crippen molar-refractivity contribution in [1.29, 1.82) is 0 Å². The molecular formula is C11H17BrClN3O2. The van der Waals surface area contributed by atoms with Gasteiger partial charge in [0.15, 0.2) is 0 Å². The molecule has 0 unspecified atom stereocenters. The van der Waals surface area contributed by atoms with E-state index in [2.05, 4.69) is 25.9 Å². The standard InChI is InChI=1S/C11H17BrClN3O2/c1-3-16(5-7-18-6-4-13)11-14-8-9(12)10(15-11)17-2/h8H,3-7H2,1-2H3. The van der Waals surface area contributed by atoms with Gasteiger partial charge in [-0.3, -0.25) is 0 Å². The van der Waals surface area contributed by atoms with Crippen LogP contribution in [0.3, 0.4) is 0 Å². The second-order valence-corrected chi connectivity index (χ2v) is 4.64. The van der Waals surface area contributed by atoms with E-state index >= 15 is 0 Å². The Hall–Kier alpha value is -0.590. The number of ether oxygens (including phenoxy) is 2. The third-order valence-electron chi connectivity index (χ3n) is 2.28. The van der Waals surface area contributed by atoms with E-state index in [1.165, 1.54) is 0 Å². The number of alkyl halides is 1. The summed E-state index contributed by atoms with van der Waals surface area (Å²) in [5.74, 6) is 1.67. The summed E-state index contributed by atoms with van der Waals surface area (Å²) in [7, 11) is 1.58. The van der Waals surface area contributed by atoms with E-state index in [0.29, 0.717) is 30.9 Å². The van der Waals surface area contributed by atoms with Crippen LogP contribution in [0.2, 0.25) is 0 Å². The van der Waals surface area contributed by atoms with E-state index < -0.39 is 0 Å². The largest absolute Gasteiger partial charge is 0.480 e. The minimum Gasteiger partial charge on any atom is -0.480 e. The molecule has 1 aromatic heterocycles. The Morgan fingerprint density at radius 3 is 2.83 bits per heavy atom. The van der Waals surface area contributed by atoms with Crippen LogP contribution >= 0.6 is 27.5 Å². The van der Waals surface area contributed by atoms with Gasteiger partial charge in [-0.2, -0.15) is 4.98 Å². The number of halogens is 2. The first kappa shape index (κ1) is 15.5. The second kappa shape index (κ2) is 8.50. The number of likely N-dealkylation sites (N-methyl/N-ethyl adjacent to an activating group) is 1. The maximum absolute atomic E-state index is 5.54. The molecule has 0 aliphatic heterocycles. The van der Waals surface area contributed by atoms with E-state index in [-0.39, 0.29) is 0 Å². The average Bonchev–Trinajstić information content (AvgIpc) is 2.40. The SMILES string of the molecule is CCN(CCOCCCl)c1ncc(Br)c(OC)n1. The number of aromatic nitrogens is 2. The van der Waals surface area contributed by atoms with Gasteiger partial charge in [0.1, 0.15) is 0 Å². The molecule has 0 N–H and O–H groups in total. The first-order valence-electron chi connectivity index (χ1n) is 5.68. The molecule has 0 saturated heterocycles. The lowest BCUT2D eigenvalue weighted by Gasteiger charge is -2.20. The molecule has 102 valence electrons. The summed E-state index contributed by atoms with van der Waals surface area (Å²) in [6.45, 7) is 4.72. The predicted molar refractivity (Wildman–Crippen MR) is 75.7 cm³/mol. The fourth-order valence-corrected chi connectivity index (χ4v) is 1.83. The van der Waals surface area contributed by atoms with Crippen molar-refractivity contribution in [2.45, 2.75) is 6.92 Å². The van der Waals surface area contributed by atoms with Crippen molar-refractivity contribution in [1.82, 2.24) is 9.97 Å². The molecule has 0 aromatic carbocycles. The maximum Gasteiger partial charge on any atom is 0.232 e. The summed E-state index contributed by atoms with van der Waals surface area (Å²) in [6, 6.07) is 0. The molecule has 0 aliphatic carbocycles. The average molecular weight is 339 g/mol. The van der Waals surface area contributed by atoms with E-state index in [4.69, 9.17) is 21.1 Å². The number of rotatable bonds is 8. The molecule has 1 rings (SSSR count). The van der Waals surface area contributed by atoms with Gasteiger partial charge in [0.2, 0.25) is 11.8 Å². The van der Waals surface area contributed by atoms with Gasteiger partial charge in [-0.15, -0.1) is 11.6 Å². The summed E-state index contributed by atoms with van der Waals surface area (Å²) in [5, 5.41) is 0. The smallest absolute Gasteiger partial charge is 0.232 e. The van der Waals surface area contributed by atoms with Crippen LogP contribution < -0.4 is 9.64 Å². The van der Waals surface area contributed by atoms with Gasteiger partial charge >= 0.3 is 0 Å². The summed E-state index contributed by atoms with van der Waals surface area (Å²) < 4.78 is 11.2. The molecule has 0 saturated carbocycles. The second-order valence-electron chi connectivity index (χ2n) is 3.41. The quantitative estimate of drug-likeness (QED) is 0.538. The maximum atomic E-state index is 5.54. The highest BCUT2D eigenvalue weighted by Crippen LogP contribution is 2.23. The third kappa shape index (κ3) is 4.59. The molecule has 0 bridgehead atoms. The van der Waals surface area contributed by atoms with Crippen LogP contribution in [0, 0.1) is 0 Å². The van der Waals surface area contributed by atoms with Crippen LogP contribution in [0.15, 0.2) is 10.7 Å². The Kier molecular flexibility index (Phi) is 7.31. The van der Waals surface area contributed by atoms with E-state index in [1.54, 1.807) is 13.3 Å². The summed E-state index contributed by atoms with van der Waals surface area (Å²) in [4.78, 5) is 10.6. The van der Waals surface area contributed by atoms with Crippen LogP contribution in [0.4, 0.5) is 5.95 Å². The lowest BCUT2D eigenvalue weighted by Crippen LogP contribution is -2.29. The van der Waals surface area contributed by atoms with Crippen LogP contribution in [-0.4, -0.2) is 49.3 Å². The fraction of sp³-hybridized carbons (Fsp3) is 0.636. The lowest BCUT2D eigenvalue weighted by atomic mass is 10.5. The van der Waals surface area contributed by atoms with Crippen LogP contribution in [0.5, 0.6) is 5.88 Å². The van der Waals surface area contributed by atoms with Crippen LogP contribution in [0.1, 0.15) is 6.92 Å². The van der Waals surface area contributed by atoms with Crippen LogP contribution in [-0.2, 0) is 4.74 Å². The van der Waals surface area contributed by atoms with Crippen molar-refractivity contribution in [2.75, 3.05) is 44.2 Å². The number of methoxy groups -OCH3 is 1. The molecule has 7 heteroatoms. The summed E-state index contributed by atoms with van der Waals surface area (Å²) in [5.41, 5.74) is 0. The molecule has 0 spiro atoms. The Bertz CT molecular complexity index is 368. The molecule has 0 fully saturated rings. The van der Waals surface area contributed by atoms with Gasteiger partial charge in [-0.05, 0) is 22.9 Å². The highest BCUT2D eigenvalue weighted by atomic mass is 79.9. The molecule has 0 aliphatic rings. The van der Waals surface area contributed by atoms with Crippen molar-refractivity contribution in [3.05, 3.63) is 10.7 Å². The molecule has 0 radical (unpaired) electrons. The zero-order valence-electron chi connectivity index (χ0n) is 10.5. The molecule has 0 atom stereocenters. The van der Waals surface area contributed by atoms with Crippen molar-refractivity contribution in [3.63, 3.8) is 0 Å². The zero-order chi connectivity index (χ0) is 13.4. The Morgan fingerprint density at radius 2 is 2.22 bits per heavy atom. The predicted octanol–water partition coefficient (Wildman–Crippen LogP) is 2.33. The van der Waals surface area contributed by atoms with Gasteiger partial charge in [-0.25, -0.2) is 4.98 Å². The summed E-state index contributed by atoms with van der Waals surface area (Å²) in [6.07, 6.45) is 1.68. The minimum atomic E-state index is 0.509. The molecule has 1 aromatic rings. The Morgan fingerprint density at radius 1 is 1.44 bits per heavy atom. The van der Waals surface area contributed by atoms with Crippen molar-refractivity contribution in [2.24, 2.45) is 0 Å². The fourth-order valence-electron chi connectivity index (χ4n) is 1.37. The minimum absolute atomic E-state index is 0.509. The summed E-state index contributed by atoms with van der Waals surface area (Å²) >= 11 is 8.87. The highest BCUT2D eigenvalue weighted by molar-refractivity contribution is 9.10. The first-order chi connectivity index (χ1) is 8.72. The molecule has 0 amide bonds. The Labute approximate surface area is 121 Å². The number of nitrogens with zero attached hydrogens (tertiary/aromatic N) is 3. The van der Waals surface area contributed by atoms with Crippen molar-refractivity contribution >= 4 is 33.5 Å².